The molecule has 2 aromatic carbocycles. The molecule has 8 atom stereocenters. The van der Waals surface area contributed by atoms with Crippen molar-refractivity contribution in [3.05, 3.63) is 83.0 Å². The van der Waals surface area contributed by atoms with Crippen molar-refractivity contribution < 1.29 is 59.2 Å². The van der Waals surface area contributed by atoms with Crippen molar-refractivity contribution in [1.29, 1.82) is 0 Å². The molecular formula is C51H61IN12O12. The number of benzene rings is 2. The minimum absolute atomic E-state index is 0. The topological polar surface area (TPSA) is 338 Å². The van der Waals surface area contributed by atoms with E-state index in [4.69, 9.17) is 41.9 Å². The van der Waals surface area contributed by atoms with E-state index in [0.717, 1.165) is 45.2 Å². The summed E-state index contributed by atoms with van der Waals surface area (Å²) in [5, 5.41) is 58.7. The second-order valence-corrected chi connectivity index (χ2v) is 19.0. The Bertz CT molecular complexity index is 2990. The highest BCUT2D eigenvalue weighted by Crippen LogP contribution is 2.34. The zero-order valence-electron chi connectivity index (χ0n) is 40.4. The number of nitrogens with zero attached hydrogens (tertiary/aromatic N) is 10. The van der Waals surface area contributed by atoms with Gasteiger partial charge in [0.25, 0.3) is 0 Å². The quantitative estimate of drug-likeness (QED) is 0.0617. The van der Waals surface area contributed by atoms with Crippen LogP contribution in [0.25, 0.3) is 22.3 Å². The molecule has 4 aliphatic rings. The van der Waals surface area contributed by atoms with Gasteiger partial charge in [-0.15, -0.1) is 12.3 Å². The van der Waals surface area contributed by atoms with Gasteiger partial charge in [0, 0.05) is 61.6 Å². The number of halogens is 1. The number of carbonyl (C=O) groups is 2. The Morgan fingerprint density at radius 3 is 1.53 bits per heavy atom. The number of amides is 2. The molecule has 0 radical (unpaired) electrons. The molecule has 4 aromatic heterocycles. The first-order chi connectivity index (χ1) is 36.3. The van der Waals surface area contributed by atoms with Gasteiger partial charge in [-0.05, 0) is 67.7 Å². The number of nitrogens with two attached hydrogens (primary N) is 2. The lowest BCUT2D eigenvalue weighted by Gasteiger charge is -2.30. The third-order valence-electron chi connectivity index (χ3n) is 13.1. The van der Waals surface area contributed by atoms with Crippen LogP contribution in [-0.2, 0) is 9.47 Å². The summed E-state index contributed by atoms with van der Waals surface area (Å²) < 4.78 is 25.1. The first-order valence-corrected chi connectivity index (χ1v) is 25.2. The number of hydrogen-bond donors (Lipinski definition) is 8. The molecule has 0 bridgehead atoms. The SMILES string of the molecule is C.C#CCC1CCN(C(=O)Oc2ccccc2)CC1.Nc1nc(C#CCC2CCN(C(=O)Oc3ccccc3)CC2)nc2c1ncn2[C@@H]1O[C@H](CO)C(O)[C@@H]1O.Nc1nc(I)nc2c1ncn2[C@@H]1O[C@H](CO)C(O)[C@@H]1O. The maximum Gasteiger partial charge on any atom is 0.415 e. The second kappa shape index (κ2) is 26.3. The molecule has 0 spiro atoms. The number of anilines is 2. The number of aliphatic hydroxyl groups is 6. The van der Waals surface area contributed by atoms with Crippen molar-refractivity contribution in [2.45, 2.75) is 95.0 Å². The number of rotatable bonds is 8. The molecule has 4 fully saturated rings. The average molecular weight is 1160 g/mol. The highest BCUT2D eigenvalue weighted by molar-refractivity contribution is 14.1. The number of aromatic nitrogens is 8. The molecule has 76 heavy (non-hydrogen) atoms. The minimum Gasteiger partial charge on any atom is -0.410 e. The number of para-hydroxylation sites is 2. The lowest BCUT2D eigenvalue weighted by molar-refractivity contribution is -0.0511. The largest absolute Gasteiger partial charge is 0.415 e. The molecule has 10 N–H and O–H groups in total. The molecule has 24 nitrogen and oxygen atoms in total. The van der Waals surface area contributed by atoms with Crippen LogP contribution in [0.15, 0.2) is 73.3 Å². The van der Waals surface area contributed by atoms with Crippen LogP contribution in [0, 0.1) is 39.9 Å². The number of likely N-dealkylation sites (tertiary alicyclic amines) is 2. The number of ether oxygens (including phenoxy) is 4. The number of hydrogen-bond acceptors (Lipinski definition) is 20. The van der Waals surface area contributed by atoms with Crippen LogP contribution in [-0.4, -0.2) is 168 Å². The standard InChI is InChI=1S/C25H28N6O6.C15H17NO2.C10H12IN5O4.CH4/c26-22-19-23(31(14-27-19)24-21(34)20(33)17(13-32)37-24)29-18(28-22)8-4-5-15-9-11-30(12-10-15)25(35)36-16-6-2-1-3-7-16;1-2-6-13-9-11-16(12-10-13)15(17)18-14-7-4-3-5-8-14;11-10-14-7(12)4-8(15-10)16(2-13-4)9-6(19)5(18)3(1-17)20-9;/h1-3,6-7,14-15,17,20-21,24,32-34H,5,9-13H2,(H2,26,28,29);1,3-5,7-8,13H,6,9-12H2;2-3,5-6,9,17-19H,1H2,(H2,12,14,15);1H4/t17-,20?,21+,24-;;3-,5?,6+,9-;/m1.1./s1. The number of piperidine rings is 2. The molecular weight excluding hydrogens is 1100 g/mol. The van der Waals surface area contributed by atoms with Crippen LogP contribution >= 0.6 is 22.6 Å². The van der Waals surface area contributed by atoms with Gasteiger partial charge in [0.15, 0.2) is 39.2 Å². The van der Waals surface area contributed by atoms with Crippen molar-refractivity contribution in [3.63, 3.8) is 0 Å². The number of nitrogen functional groups attached to an aromatic ring is 2. The summed E-state index contributed by atoms with van der Waals surface area (Å²) >= 11 is 1.92. The number of aliphatic hydroxyl groups excluding tert-OH is 6. The van der Waals surface area contributed by atoms with E-state index in [1.807, 2.05) is 59.0 Å². The van der Waals surface area contributed by atoms with Gasteiger partial charge in [0.05, 0.1) is 25.9 Å². The minimum atomic E-state index is -1.28. The molecule has 0 aliphatic carbocycles. The van der Waals surface area contributed by atoms with Crippen LogP contribution in [0.5, 0.6) is 11.5 Å². The van der Waals surface area contributed by atoms with E-state index in [1.165, 1.54) is 21.8 Å². The number of fused-ring (bicyclic) bond motifs is 2. The van der Waals surface area contributed by atoms with Crippen molar-refractivity contribution in [3.8, 4) is 35.7 Å². The van der Waals surface area contributed by atoms with Gasteiger partial charge in [-0.25, -0.2) is 39.5 Å². The van der Waals surface area contributed by atoms with E-state index in [9.17, 15) is 35.1 Å². The first-order valence-electron chi connectivity index (χ1n) is 24.1. The lowest BCUT2D eigenvalue weighted by atomic mass is 9.94. The van der Waals surface area contributed by atoms with E-state index in [0.29, 0.717) is 69.0 Å². The smallest absolute Gasteiger partial charge is 0.410 e. The fraction of sp³-hybridized carbons (Fsp3) is 0.451. The number of imidazole rings is 2. The Balaban J connectivity index is 0.000000182. The highest BCUT2D eigenvalue weighted by Gasteiger charge is 2.45. The second-order valence-electron chi connectivity index (χ2n) is 18.1. The Labute approximate surface area is 451 Å². The average Bonchev–Trinajstić information content (AvgIpc) is 4.20. The summed E-state index contributed by atoms with van der Waals surface area (Å²) in [6.07, 6.45) is 3.87. The highest BCUT2D eigenvalue weighted by atomic mass is 127. The predicted molar refractivity (Wildman–Crippen MR) is 283 cm³/mol. The van der Waals surface area contributed by atoms with Crippen LogP contribution in [0.2, 0.25) is 0 Å². The summed E-state index contributed by atoms with van der Waals surface area (Å²) in [4.78, 5) is 52.9. The summed E-state index contributed by atoms with van der Waals surface area (Å²) in [5.74, 6) is 11.3. The number of terminal acetylenes is 1. The van der Waals surface area contributed by atoms with E-state index in [1.54, 1.807) is 34.1 Å². The van der Waals surface area contributed by atoms with Crippen LogP contribution in [0.3, 0.4) is 0 Å². The maximum atomic E-state index is 12.4. The van der Waals surface area contributed by atoms with E-state index < -0.39 is 62.3 Å². The zero-order valence-corrected chi connectivity index (χ0v) is 42.6. The van der Waals surface area contributed by atoms with Gasteiger partial charge < -0.3 is 70.9 Å². The fourth-order valence-electron chi connectivity index (χ4n) is 8.89. The van der Waals surface area contributed by atoms with Gasteiger partial charge in [0.1, 0.15) is 59.2 Å². The van der Waals surface area contributed by atoms with Crippen LogP contribution < -0.4 is 20.9 Å². The summed E-state index contributed by atoms with van der Waals surface area (Å²) in [5.41, 5.74) is 13.2. The van der Waals surface area contributed by atoms with E-state index >= 15 is 0 Å². The summed E-state index contributed by atoms with van der Waals surface area (Å²) in [7, 11) is 0. The Hall–Kier alpha value is -6.79. The summed E-state index contributed by atoms with van der Waals surface area (Å²) in [6, 6.07) is 18.1. The molecule has 8 heterocycles. The molecule has 0 saturated carbocycles. The molecule has 25 heteroatoms. The monoisotopic (exact) mass is 1160 g/mol. The first kappa shape index (κ1) is 56.9. The van der Waals surface area contributed by atoms with E-state index in [2.05, 4.69) is 47.7 Å². The van der Waals surface area contributed by atoms with Crippen LogP contribution in [0.4, 0.5) is 21.2 Å². The molecule has 6 aromatic rings. The fourth-order valence-corrected chi connectivity index (χ4v) is 9.37. The molecule has 4 aliphatic heterocycles. The third kappa shape index (κ3) is 13.4. The third-order valence-corrected chi connectivity index (χ3v) is 13.6. The molecule has 10 rings (SSSR count). The number of carbonyl (C=O) groups excluding carboxylic acids is 2. The molecule has 4 saturated heterocycles. The lowest BCUT2D eigenvalue weighted by Crippen LogP contribution is -2.40. The van der Waals surface area contributed by atoms with Crippen LogP contribution in [0.1, 0.15) is 64.2 Å². The van der Waals surface area contributed by atoms with Crippen molar-refractivity contribution >= 4 is 68.7 Å². The van der Waals surface area contributed by atoms with Crippen molar-refractivity contribution in [1.82, 2.24) is 48.8 Å². The molecule has 2 amide bonds. The molecule has 2 unspecified atom stereocenters. The van der Waals surface area contributed by atoms with Gasteiger partial charge >= 0.3 is 12.2 Å². The zero-order chi connectivity index (χ0) is 53.2. The summed E-state index contributed by atoms with van der Waals surface area (Å²) in [6.45, 7) is 1.82. The van der Waals surface area contributed by atoms with Gasteiger partial charge in [0.2, 0.25) is 5.82 Å². The Kier molecular flexibility index (Phi) is 19.7. The van der Waals surface area contributed by atoms with Gasteiger partial charge in [-0.1, -0.05) is 49.7 Å². The Morgan fingerprint density at radius 2 is 1.09 bits per heavy atom. The van der Waals surface area contributed by atoms with E-state index in [-0.39, 0.29) is 37.1 Å². The van der Waals surface area contributed by atoms with Crippen molar-refractivity contribution in [2.24, 2.45) is 11.8 Å². The van der Waals surface area contributed by atoms with Gasteiger partial charge in [-0.2, -0.15) is 0 Å². The van der Waals surface area contributed by atoms with Gasteiger partial charge in [-0.3, -0.25) is 9.13 Å². The predicted octanol–water partition coefficient (Wildman–Crippen LogP) is 2.85. The molecule has 404 valence electrons. The Morgan fingerprint density at radius 1 is 0.658 bits per heavy atom. The maximum absolute atomic E-state index is 12.4. The van der Waals surface area contributed by atoms with Crippen molar-refractivity contribution in [2.75, 3.05) is 50.9 Å². The normalized spacial score (nSPS) is 23.5.